The zero-order valence-corrected chi connectivity index (χ0v) is 12.5. The maximum absolute atomic E-state index is 12.6. The van der Waals surface area contributed by atoms with Gasteiger partial charge >= 0.3 is 6.18 Å². The van der Waals surface area contributed by atoms with Crippen LogP contribution in [0.4, 0.5) is 13.2 Å². The third-order valence-electron chi connectivity index (χ3n) is 4.19. The second kappa shape index (κ2) is 6.49. The van der Waals surface area contributed by atoms with E-state index in [-0.39, 0.29) is 12.0 Å². The lowest BCUT2D eigenvalue weighted by atomic mass is 10.0. The van der Waals surface area contributed by atoms with Crippen molar-refractivity contribution in [3.63, 3.8) is 0 Å². The number of morpholine rings is 1. The summed E-state index contributed by atoms with van der Waals surface area (Å²) in [5, 5.41) is 0. The predicted molar refractivity (Wildman–Crippen MR) is 75.7 cm³/mol. The van der Waals surface area contributed by atoms with E-state index in [1.54, 1.807) is 4.90 Å². The van der Waals surface area contributed by atoms with Crippen LogP contribution < -0.4 is 0 Å². The van der Waals surface area contributed by atoms with Crippen molar-refractivity contribution in [3.8, 4) is 0 Å². The first-order chi connectivity index (χ1) is 10.9. The molecule has 23 heavy (non-hydrogen) atoms. The molecule has 2 aliphatic rings. The molecule has 126 valence electrons. The zero-order chi connectivity index (χ0) is 16.4. The quantitative estimate of drug-likeness (QED) is 0.837. The number of ether oxygens (including phenoxy) is 2. The van der Waals surface area contributed by atoms with Crippen LogP contribution in [-0.2, 0) is 20.4 Å². The number of amides is 1. The fourth-order valence-electron chi connectivity index (χ4n) is 2.91. The van der Waals surface area contributed by atoms with Gasteiger partial charge in [0.2, 0.25) is 0 Å². The van der Waals surface area contributed by atoms with Crippen molar-refractivity contribution in [1.29, 1.82) is 0 Å². The van der Waals surface area contributed by atoms with E-state index in [4.69, 9.17) is 9.47 Å². The Morgan fingerprint density at radius 1 is 1.13 bits per heavy atom. The van der Waals surface area contributed by atoms with Gasteiger partial charge in [-0.25, -0.2) is 0 Å². The van der Waals surface area contributed by atoms with Crippen LogP contribution in [-0.4, -0.2) is 43.2 Å². The normalized spacial score (nSPS) is 25.6. The zero-order valence-electron chi connectivity index (χ0n) is 12.5. The summed E-state index contributed by atoms with van der Waals surface area (Å²) >= 11 is 0. The molecular weight excluding hydrogens is 311 g/mol. The molecule has 0 spiro atoms. The highest BCUT2D eigenvalue weighted by molar-refractivity contribution is 5.81. The van der Waals surface area contributed by atoms with Gasteiger partial charge in [-0.1, -0.05) is 12.1 Å². The molecule has 3 rings (SSSR count). The first-order valence-electron chi connectivity index (χ1n) is 7.64. The number of halogens is 3. The number of carbonyl (C=O) groups excluding carboxylic acids is 1. The lowest BCUT2D eigenvalue weighted by molar-refractivity contribution is -0.148. The monoisotopic (exact) mass is 329 g/mol. The molecule has 1 aromatic rings. The minimum atomic E-state index is -4.35. The van der Waals surface area contributed by atoms with Crippen LogP contribution in [0.3, 0.4) is 0 Å². The summed E-state index contributed by atoms with van der Waals surface area (Å²) in [5.74, 6) is -0.0530. The molecule has 2 atom stereocenters. The van der Waals surface area contributed by atoms with Crippen molar-refractivity contribution >= 4 is 5.91 Å². The minimum Gasteiger partial charge on any atom is -0.370 e. The van der Waals surface area contributed by atoms with Crippen molar-refractivity contribution < 1.29 is 27.4 Å². The van der Waals surface area contributed by atoms with E-state index in [1.807, 2.05) is 0 Å². The smallest absolute Gasteiger partial charge is 0.370 e. The van der Waals surface area contributed by atoms with Crippen LogP contribution in [0.1, 0.15) is 30.1 Å². The second-order valence-corrected chi connectivity index (χ2v) is 5.77. The average Bonchev–Trinajstić information content (AvgIpc) is 3.08. The van der Waals surface area contributed by atoms with Crippen molar-refractivity contribution in [1.82, 2.24) is 4.90 Å². The molecule has 1 amide bonds. The number of hydrogen-bond acceptors (Lipinski definition) is 3. The molecule has 4 nitrogen and oxygen atoms in total. The van der Waals surface area contributed by atoms with Gasteiger partial charge in [-0.3, -0.25) is 4.79 Å². The maximum atomic E-state index is 12.6. The molecule has 7 heteroatoms. The second-order valence-electron chi connectivity index (χ2n) is 5.77. The molecule has 0 aliphatic carbocycles. The van der Waals surface area contributed by atoms with Crippen LogP contribution in [0.25, 0.3) is 0 Å². The molecule has 1 aromatic carbocycles. The number of nitrogens with zero attached hydrogens (tertiary/aromatic N) is 1. The van der Waals surface area contributed by atoms with E-state index in [9.17, 15) is 18.0 Å². The van der Waals surface area contributed by atoms with Crippen LogP contribution in [0.15, 0.2) is 24.3 Å². The SMILES string of the molecule is O=C([C@@H]1CCCO1)N1CCO[C@H](c2ccc(C(F)(F)F)cc2)C1. The van der Waals surface area contributed by atoms with Gasteiger partial charge in [0, 0.05) is 13.2 Å². The summed E-state index contributed by atoms with van der Waals surface area (Å²) in [5.41, 5.74) is -0.0489. The molecule has 0 N–H and O–H groups in total. The van der Waals surface area contributed by atoms with Crippen LogP contribution >= 0.6 is 0 Å². The average molecular weight is 329 g/mol. The molecule has 0 bridgehead atoms. The number of rotatable bonds is 2. The summed E-state index contributed by atoms with van der Waals surface area (Å²) in [7, 11) is 0. The fraction of sp³-hybridized carbons (Fsp3) is 0.562. The Balaban J connectivity index is 1.67. The van der Waals surface area contributed by atoms with Crippen molar-refractivity contribution in [2.45, 2.75) is 31.2 Å². The van der Waals surface area contributed by atoms with Crippen molar-refractivity contribution in [2.75, 3.05) is 26.3 Å². The third-order valence-corrected chi connectivity index (χ3v) is 4.19. The molecule has 2 fully saturated rings. The Labute approximate surface area is 132 Å². The van der Waals surface area contributed by atoms with Crippen LogP contribution in [0, 0.1) is 0 Å². The molecule has 0 radical (unpaired) electrons. The maximum Gasteiger partial charge on any atom is 0.416 e. The highest BCUT2D eigenvalue weighted by atomic mass is 19.4. The summed E-state index contributed by atoms with van der Waals surface area (Å²) in [4.78, 5) is 14.0. The van der Waals surface area contributed by atoms with Gasteiger partial charge in [-0.05, 0) is 30.5 Å². The Morgan fingerprint density at radius 2 is 1.87 bits per heavy atom. The lowest BCUT2D eigenvalue weighted by Crippen LogP contribution is -2.46. The van der Waals surface area contributed by atoms with E-state index in [2.05, 4.69) is 0 Å². The Bertz CT molecular complexity index is 553. The van der Waals surface area contributed by atoms with E-state index in [1.165, 1.54) is 12.1 Å². The number of hydrogen-bond donors (Lipinski definition) is 0. The summed E-state index contributed by atoms with van der Waals surface area (Å²) < 4.78 is 48.8. The summed E-state index contributed by atoms with van der Waals surface area (Å²) in [6.07, 6.45) is -3.55. The number of benzene rings is 1. The Morgan fingerprint density at radius 3 is 2.48 bits per heavy atom. The van der Waals surface area contributed by atoms with Gasteiger partial charge in [0.15, 0.2) is 0 Å². The molecular formula is C16H18F3NO3. The summed E-state index contributed by atoms with van der Waals surface area (Å²) in [6.45, 7) is 1.78. The molecule has 2 heterocycles. The summed E-state index contributed by atoms with van der Waals surface area (Å²) in [6, 6.07) is 4.90. The largest absolute Gasteiger partial charge is 0.416 e. The molecule has 0 unspecified atom stereocenters. The van der Waals surface area contributed by atoms with Gasteiger partial charge in [0.25, 0.3) is 5.91 Å². The minimum absolute atomic E-state index is 0.0530. The predicted octanol–water partition coefficient (Wildman–Crippen LogP) is 2.78. The van der Waals surface area contributed by atoms with Gasteiger partial charge in [0.05, 0.1) is 18.7 Å². The fourth-order valence-corrected chi connectivity index (χ4v) is 2.91. The molecule has 2 saturated heterocycles. The van der Waals surface area contributed by atoms with E-state index >= 15 is 0 Å². The first kappa shape index (κ1) is 16.3. The first-order valence-corrected chi connectivity index (χ1v) is 7.64. The topological polar surface area (TPSA) is 38.8 Å². The van der Waals surface area contributed by atoms with Gasteiger partial charge < -0.3 is 14.4 Å². The molecule has 0 saturated carbocycles. The lowest BCUT2D eigenvalue weighted by Gasteiger charge is -2.34. The van der Waals surface area contributed by atoms with Gasteiger partial charge in [-0.2, -0.15) is 13.2 Å². The molecule has 2 aliphatic heterocycles. The third kappa shape index (κ3) is 3.67. The molecule has 0 aromatic heterocycles. The Hall–Kier alpha value is -1.60. The van der Waals surface area contributed by atoms with Crippen molar-refractivity contribution in [2.24, 2.45) is 0 Å². The van der Waals surface area contributed by atoms with E-state index in [0.29, 0.717) is 31.9 Å². The number of alkyl halides is 3. The van der Waals surface area contributed by atoms with Crippen LogP contribution in [0.2, 0.25) is 0 Å². The standard InChI is InChI=1S/C16H18F3NO3/c17-16(18,19)12-5-3-11(4-6-12)14-10-20(7-9-23-14)15(21)13-2-1-8-22-13/h3-6,13-14H,1-2,7-10H2/t13-,14-/m0/s1. The number of carbonyl (C=O) groups is 1. The van der Waals surface area contributed by atoms with E-state index in [0.717, 1.165) is 25.0 Å². The highest BCUT2D eigenvalue weighted by Gasteiger charge is 2.33. The van der Waals surface area contributed by atoms with E-state index < -0.39 is 17.8 Å². The Kier molecular flexibility index (Phi) is 4.59. The van der Waals surface area contributed by atoms with Crippen molar-refractivity contribution in [3.05, 3.63) is 35.4 Å². The van der Waals surface area contributed by atoms with Crippen LogP contribution in [0.5, 0.6) is 0 Å². The van der Waals surface area contributed by atoms with Gasteiger partial charge in [0.1, 0.15) is 12.2 Å². The van der Waals surface area contributed by atoms with Gasteiger partial charge in [-0.15, -0.1) is 0 Å². The highest BCUT2D eigenvalue weighted by Crippen LogP contribution is 2.31.